The van der Waals surface area contributed by atoms with E-state index in [4.69, 9.17) is 0 Å². The zero-order valence-corrected chi connectivity index (χ0v) is 13.0. The Hall–Kier alpha value is -1.40. The second-order valence-corrected chi connectivity index (χ2v) is 6.47. The Morgan fingerprint density at radius 3 is 3.00 bits per heavy atom. The van der Waals surface area contributed by atoms with Gasteiger partial charge in [0.15, 0.2) is 0 Å². The number of nitrogens with zero attached hydrogens (tertiary/aromatic N) is 3. The second-order valence-electron chi connectivity index (χ2n) is 6.47. The lowest BCUT2D eigenvalue weighted by Gasteiger charge is -2.49. The van der Waals surface area contributed by atoms with Gasteiger partial charge in [-0.1, -0.05) is 0 Å². The number of carbonyl (C=O) groups is 1. The molecule has 3 heterocycles. The molecule has 0 aromatic carbocycles. The minimum Gasteiger partial charge on any atom is -0.356 e. The maximum atomic E-state index is 11.6. The number of amides is 1. The molecule has 2 aliphatic heterocycles. The van der Waals surface area contributed by atoms with Crippen LogP contribution < -0.4 is 5.32 Å². The fourth-order valence-electron chi connectivity index (χ4n) is 3.57. The fraction of sp³-hybridized carbons (Fsp3) is 0.733. The molecule has 0 radical (unpaired) electrons. The quantitative estimate of drug-likeness (QED) is 0.833. The molecule has 2 N–H and O–H groups in total. The molecule has 2 aliphatic rings. The Bertz CT molecular complexity index is 514. The number of hydrogen-bond acceptors (Lipinski definition) is 4. The van der Waals surface area contributed by atoms with Crippen molar-refractivity contribution < 1.29 is 4.79 Å². The first kappa shape index (κ1) is 14.5. The summed E-state index contributed by atoms with van der Waals surface area (Å²) in [6.07, 6.45) is 4.50. The Labute approximate surface area is 125 Å². The van der Waals surface area contributed by atoms with Crippen LogP contribution in [-0.4, -0.2) is 64.4 Å². The van der Waals surface area contributed by atoms with E-state index >= 15 is 0 Å². The van der Waals surface area contributed by atoms with Gasteiger partial charge in [-0.05, 0) is 26.8 Å². The van der Waals surface area contributed by atoms with Gasteiger partial charge in [0.25, 0.3) is 0 Å². The van der Waals surface area contributed by atoms with Gasteiger partial charge in [0.05, 0.1) is 6.54 Å². The first-order valence-corrected chi connectivity index (χ1v) is 7.78. The summed E-state index contributed by atoms with van der Waals surface area (Å²) in [6.45, 7) is 6.80. The third-order valence-electron chi connectivity index (χ3n) is 4.94. The normalized spacial score (nSPS) is 28.6. The Morgan fingerprint density at radius 2 is 2.24 bits per heavy atom. The highest BCUT2D eigenvalue weighted by Gasteiger charge is 2.40. The van der Waals surface area contributed by atoms with Gasteiger partial charge in [-0.2, -0.15) is 0 Å². The Morgan fingerprint density at radius 1 is 1.38 bits per heavy atom. The molecule has 1 spiro atoms. The molecule has 0 bridgehead atoms. The highest BCUT2D eigenvalue weighted by atomic mass is 16.1. The molecule has 1 atom stereocenters. The van der Waals surface area contributed by atoms with E-state index in [0.29, 0.717) is 6.42 Å². The van der Waals surface area contributed by atoms with Crippen LogP contribution in [0.1, 0.15) is 30.8 Å². The van der Waals surface area contributed by atoms with Crippen molar-refractivity contribution in [3.63, 3.8) is 0 Å². The fourth-order valence-corrected chi connectivity index (χ4v) is 3.57. The summed E-state index contributed by atoms with van der Waals surface area (Å²) < 4.78 is 0. The van der Waals surface area contributed by atoms with E-state index in [2.05, 4.69) is 32.1 Å². The predicted molar refractivity (Wildman–Crippen MR) is 80.8 cm³/mol. The summed E-state index contributed by atoms with van der Waals surface area (Å²) in [4.78, 5) is 24.3. The van der Waals surface area contributed by atoms with Crippen LogP contribution in [0.3, 0.4) is 0 Å². The van der Waals surface area contributed by atoms with E-state index in [1.54, 1.807) is 0 Å². The molecule has 116 valence electrons. The molecule has 3 rings (SSSR count). The van der Waals surface area contributed by atoms with Crippen LogP contribution in [0.5, 0.6) is 0 Å². The van der Waals surface area contributed by atoms with Crippen LogP contribution in [0.15, 0.2) is 6.20 Å². The number of H-pyrrole nitrogens is 1. The highest BCUT2D eigenvalue weighted by molar-refractivity contribution is 5.76. The number of nitrogens with one attached hydrogen (secondary N) is 2. The number of imidazole rings is 1. The van der Waals surface area contributed by atoms with Gasteiger partial charge < -0.3 is 10.3 Å². The smallest absolute Gasteiger partial charge is 0.220 e. The van der Waals surface area contributed by atoms with E-state index in [1.165, 1.54) is 0 Å². The third-order valence-corrected chi connectivity index (χ3v) is 4.94. The lowest BCUT2D eigenvalue weighted by molar-refractivity contribution is -0.121. The first-order valence-electron chi connectivity index (χ1n) is 7.78. The lowest BCUT2D eigenvalue weighted by atomic mass is 9.86. The number of likely N-dealkylation sites (N-methyl/N-ethyl adjacent to an activating group) is 1. The number of aromatic nitrogens is 2. The Kier molecular flexibility index (Phi) is 3.99. The third kappa shape index (κ3) is 3.11. The van der Waals surface area contributed by atoms with E-state index in [0.717, 1.165) is 57.1 Å². The largest absolute Gasteiger partial charge is 0.356 e. The van der Waals surface area contributed by atoms with E-state index < -0.39 is 0 Å². The number of piperazine rings is 1. The highest BCUT2D eigenvalue weighted by Crippen LogP contribution is 2.30. The molecular weight excluding hydrogens is 266 g/mol. The van der Waals surface area contributed by atoms with Crippen LogP contribution in [0, 0.1) is 6.92 Å². The summed E-state index contributed by atoms with van der Waals surface area (Å²) >= 11 is 0. The lowest BCUT2D eigenvalue weighted by Crippen LogP contribution is -2.60. The molecule has 6 heteroatoms. The molecule has 6 nitrogen and oxygen atoms in total. The van der Waals surface area contributed by atoms with Crippen LogP contribution in [0.25, 0.3) is 0 Å². The number of rotatable bonds is 2. The predicted octanol–water partition coefficient (Wildman–Crippen LogP) is 0.504. The van der Waals surface area contributed by atoms with Crippen molar-refractivity contribution in [2.75, 3.05) is 33.2 Å². The SMILES string of the molecule is Cc1cnc(CN2CCN(C)C3(CCNC(=O)CC3)C2)[nH]1. The van der Waals surface area contributed by atoms with E-state index in [-0.39, 0.29) is 11.4 Å². The molecule has 2 saturated heterocycles. The summed E-state index contributed by atoms with van der Waals surface area (Å²) in [6, 6.07) is 0. The molecule has 1 aromatic heterocycles. The van der Waals surface area contributed by atoms with E-state index in [9.17, 15) is 4.79 Å². The minimum atomic E-state index is 0.124. The van der Waals surface area contributed by atoms with E-state index in [1.807, 2.05) is 13.1 Å². The number of hydrogen-bond donors (Lipinski definition) is 2. The second kappa shape index (κ2) is 5.77. The van der Waals surface area contributed by atoms with Gasteiger partial charge in [0, 0.05) is 50.0 Å². The monoisotopic (exact) mass is 291 g/mol. The molecule has 1 amide bonds. The van der Waals surface area contributed by atoms with Gasteiger partial charge in [-0.15, -0.1) is 0 Å². The molecular formula is C15H25N5O. The van der Waals surface area contributed by atoms with Crippen LogP contribution in [0.2, 0.25) is 0 Å². The van der Waals surface area contributed by atoms with Crippen molar-refractivity contribution in [3.8, 4) is 0 Å². The molecule has 21 heavy (non-hydrogen) atoms. The van der Waals surface area contributed by atoms with Gasteiger partial charge in [0.1, 0.15) is 5.82 Å². The summed E-state index contributed by atoms with van der Waals surface area (Å²) in [7, 11) is 2.20. The molecule has 1 aromatic rings. The summed E-state index contributed by atoms with van der Waals surface area (Å²) in [5, 5.41) is 3.00. The maximum absolute atomic E-state index is 11.6. The van der Waals surface area contributed by atoms with Gasteiger partial charge in [-0.25, -0.2) is 4.98 Å². The zero-order chi connectivity index (χ0) is 14.9. The van der Waals surface area contributed by atoms with Crippen LogP contribution in [-0.2, 0) is 11.3 Å². The first-order chi connectivity index (χ1) is 10.1. The van der Waals surface area contributed by atoms with Gasteiger partial charge in [0.2, 0.25) is 5.91 Å². The zero-order valence-electron chi connectivity index (χ0n) is 13.0. The summed E-state index contributed by atoms with van der Waals surface area (Å²) in [5.74, 6) is 1.23. The van der Waals surface area contributed by atoms with Crippen molar-refractivity contribution in [3.05, 3.63) is 17.7 Å². The van der Waals surface area contributed by atoms with Gasteiger partial charge >= 0.3 is 0 Å². The van der Waals surface area contributed by atoms with Crippen molar-refractivity contribution in [1.29, 1.82) is 0 Å². The van der Waals surface area contributed by atoms with Crippen molar-refractivity contribution in [2.24, 2.45) is 0 Å². The standard InChI is InChI=1S/C15H25N5O/c1-12-9-17-13(18-12)10-20-8-7-19(2)15(11-20)4-3-14(21)16-6-5-15/h9H,3-8,10-11H2,1-2H3,(H,16,21)(H,17,18). The number of carbonyl (C=O) groups excluding carboxylic acids is 1. The van der Waals surface area contributed by atoms with Gasteiger partial charge in [-0.3, -0.25) is 14.6 Å². The molecule has 0 aliphatic carbocycles. The topological polar surface area (TPSA) is 64.3 Å². The maximum Gasteiger partial charge on any atom is 0.220 e. The van der Waals surface area contributed by atoms with Crippen molar-refractivity contribution in [1.82, 2.24) is 25.1 Å². The van der Waals surface area contributed by atoms with Crippen LogP contribution in [0.4, 0.5) is 0 Å². The van der Waals surface area contributed by atoms with Crippen molar-refractivity contribution >= 4 is 5.91 Å². The summed E-state index contributed by atoms with van der Waals surface area (Å²) in [5.41, 5.74) is 1.23. The average Bonchev–Trinajstić information content (AvgIpc) is 2.76. The van der Waals surface area contributed by atoms with Crippen molar-refractivity contribution in [2.45, 2.75) is 38.3 Å². The minimum absolute atomic E-state index is 0.124. The van der Waals surface area contributed by atoms with Crippen LogP contribution >= 0.6 is 0 Å². The Balaban J connectivity index is 1.70. The average molecular weight is 291 g/mol. The molecule has 1 unspecified atom stereocenters. The molecule has 2 fully saturated rings. The molecule has 0 saturated carbocycles. The number of aromatic amines is 1. The number of aryl methyl sites for hydroxylation is 1.